The van der Waals surface area contributed by atoms with Gasteiger partial charge in [0, 0.05) is 0 Å². The van der Waals surface area contributed by atoms with E-state index in [9.17, 15) is 19.2 Å². The zero-order valence-electron chi connectivity index (χ0n) is 26.0. The van der Waals surface area contributed by atoms with Crippen molar-refractivity contribution < 1.29 is 82.0 Å². The van der Waals surface area contributed by atoms with Crippen LogP contribution in [0.1, 0.15) is 83.1 Å². The molecular weight excluding hydrogens is 572 g/mol. The van der Waals surface area contributed by atoms with Gasteiger partial charge in [-0.1, -0.05) is 0 Å². The monoisotopic (exact) mass is 614 g/mol. The quantitative estimate of drug-likeness (QED) is 0.146. The van der Waals surface area contributed by atoms with E-state index in [2.05, 4.69) is 9.78 Å². The van der Waals surface area contributed by atoms with Crippen molar-refractivity contribution in [1.29, 1.82) is 0 Å². The second kappa shape index (κ2) is 14.9. The molecular formula is C25H42O17. The van der Waals surface area contributed by atoms with Crippen LogP contribution in [0.3, 0.4) is 0 Å². The number of rotatable bonds is 9. The first kappa shape index (κ1) is 36.9. The Morgan fingerprint density at radius 2 is 0.833 bits per heavy atom. The molecule has 0 amide bonds. The van der Waals surface area contributed by atoms with Gasteiger partial charge in [0.1, 0.15) is 35.1 Å². The lowest BCUT2D eigenvalue weighted by Gasteiger charge is -2.23. The van der Waals surface area contributed by atoms with Crippen LogP contribution in [0.5, 0.6) is 0 Å². The zero-order chi connectivity index (χ0) is 32.5. The van der Waals surface area contributed by atoms with Crippen LogP contribution in [-0.4, -0.2) is 78.2 Å². The van der Waals surface area contributed by atoms with E-state index in [1.165, 1.54) is 0 Å². The van der Waals surface area contributed by atoms with Gasteiger partial charge in [-0.25, -0.2) is 19.2 Å². The third kappa shape index (κ3) is 16.4. The topological polar surface area (TPSA) is 188 Å². The van der Waals surface area contributed by atoms with E-state index < -0.39 is 78.2 Å². The minimum absolute atomic E-state index is 0.611. The lowest BCUT2D eigenvalue weighted by Crippen LogP contribution is -2.41. The summed E-state index contributed by atoms with van der Waals surface area (Å²) in [7, 11) is 0. The Labute approximate surface area is 243 Å². The second-order valence-electron chi connectivity index (χ2n) is 12.7. The molecule has 42 heavy (non-hydrogen) atoms. The van der Waals surface area contributed by atoms with Crippen molar-refractivity contribution in [2.24, 2.45) is 0 Å². The Balaban J connectivity index is 3.13. The summed E-state index contributed by atoms with van der Waals surface area (Å²) >= 11 is 0. The number of hydrogen-bond acceptors (Lipinski definition) is 17. The van der Waals surface area contributed by atoms with Crippen molar-refractivity contribution in [3.05, 3.63) is 0 Å². The summed E-state index contributed by atoms with van der Waals surface area (Å²) in [6, 6.07) is 0. The SMILES string of the molecule is CC(C)(C)OC(=O)OOC[C@H]1OC(OOC(=O)OC(C)(C)C)[C@H](OOC(=O)OC(C)(C)C)[C@@H]1OOC(=O)OC(C)(C)C. The average molecular weight is 615 g/mol. The van der Waals surface area contributed by atoms with E-state index in [0.717, 1.165) is 0 Å². The van der Waals surface area contributed by atoms with Crippen molar-refractivity contribution in [3.63, 3.8) is 0 Å². The van der Waals surface area contributed by atoms with Crippen molar-refractivity contribution >= 4 is 24.6 Å². The first-order valence-corrected chi connectivity index (χ1v) is 12.8. The number of carbonyl (C=O) groups is 4. The van der Waals surface area contributed by atoms with Gasteiger partial charge in [-0.2, -0.15) is 14.7 Å². The highest BCUT2D eigenvalue weighted by atomic mass is 17.3. The van der Waals surface area contributed by atoms with Crippen LogP contribution >= 0.6 is 0 Å². The van der Waals surface area contributed by atoms with Gasteiger partial charge >= 0.3 is 24.6 Å². The molecule has 1 rings (SSSR count). The van der Waals surface area contributed by atoms with E-state index in [0.29, 0.717) is 0 Å². The maximum Gasteiger partial charge on any atom is 0.541 e. The number of carbonyl (C=O) groups excluding carboxylic acids is 4. The molecule has 1 unspecified atom stereocenters. The van der Waals surface area contributed by atoms with Crippen LogP contribution in [0, 0.1) is 0 Å². The molecule has 0 N–H and O–H groups in total. The van der Waals surface area contributed by atoms with Crippen LogP contribution < -0.4 is 0 Å². The smallest absolute Gasteiger partial charge is 0.427 e. The van der Waals surface area contributed by atoms with E-state index in [4.69, 9.17) is 53.0 Å². The minimum atomic E-state index is -1.72. The second-order valence-corrected chi connectivity index (χ2v) is 12.7. The van der Waals surface area contributed by atoms with E-state index >= 15 is 0 Å². The summed E-state index contributed by atoms with van der Waals surface area (Å²) in [5.41, 5.74) is -3.71. The molecule has 0 aromatic carbocycles. The molecule has 4 atom stereocenters. The molecule has 17 nitrogen and oxygen atoms in total. The van der Waals surface area contributed by atoms with Crippen LogP contribution in [0.2, 0.25) is 0 Å². The lowest BCUT2D eigenvalue weighted by molar-refractivity contribution is -0.402. The van der Waals surface area contributed by atoms with Gasteiger partial charge < -0.3 is 23.7 Å². The summed E-state index contributed by atoms with van der Waals surface area (Å²) in [5, 5.41) is 0. The molecule has 0 aliphatic carbocycles. The molecule has 1 aliphatic heterocycles. The maximum atomic E-state index is 12.1. The molecule has 1 heterocycles. The molecule has 0 saturated carbocycles. The predicted octanol–water partition coefficient (Wildman–Crippen LogP) is 4.98. The summed E-state index contributed by atoms with van der Waals surface area (Å²) < 4.78 is 25.6. The molecule has 0 aromatic rings. The molecule has 0 bridgehead atoms. The zero-order valence-corrected chi connectivity index (χ0v) is 26.0. The fraction of sp³-hybridized carbons (Fsp3) is 0.840. The first-order chi connectivity index (χ1) is 18.9. The highest BCUT2D eigenvalue weighted by molar-refractivity contribution is 5.60. The Hall–Kier alpha value is -3.12. The highest BCUT2D eigenvalue weighted by Gasteiger charge is 2.53. The predicted molar refractivity (Wildman–Crippen MR) is 135 cm³/mol. The summed E-state index contributed by atoms with van der Waals surface area (Å²) in [6.07, 6.45) is -11.2. The van der Waals surface area contributed by atoms with E-state index in [-0.39, 0.29) is 0 Å². The fourth-order valence-corrected chi connectivity index (χ4v) is 2.62. The van der Waals surface area contributed by atoms with Gasteiger partial charge in [-0.05, 0) is 83.1 Å². The Kier molecular flexibility index (Phi) is 13.1. The van der Waals surface area contributed by atoms with Crippen LogP contribution in [-0.2, 0) is 62.8 Å². The molecule has 0 spiro atoms. The Morgan fingerprint density at radius 3 is 1.21 bits per heavy atom. The van der Waals surface area contributed by atoms with Gasteiger partial charge in [-0.15, -0.1) is 4.89 Å². The normalized spacial score (nSPS) is 21.1. The molecule has 1 saturated heterocycles. The van der Waals surface area contributed by atoms with Gasteiger partial charge in [-0.3, -0.25) is 19.6 Å². The van der Waals surface area contributed by atoms with Gasteiger partial charge in [0.05, 0.1) is 0 Å². The minimum Gasteiger partial charge on any atom is -0.427 e. The van der Waals surface area contributed by atoms with E-state index in [1.807, 2.05) is 0 Å². The van der Waals surface area contributed by atoms with Gasteiger partial charge in [0.2, 0.25) is 6.29 Å². The third-order valence-corrected chi connectivity index (χ3v) is 3.85. The molecule has 244 valence electrons. The summed E-state index contributed by atoms with van der Waals surface area (Å²) in [6.45, 7) is 18.4. The van der Waals surface area contributed by atoms with Gasteiger partial charge in [0.15, 0.2) is 12.2 Å². The lowest BCUT2D eigenvalue weighted by atomic mass is 10.1. The van der Waals surface area contributed by atoms with Crippen LogP contribution in [0.15, 0.2) is 0 Å². The van der Waals surface area contributed by atoms with Crippen molar-refractivity contribution in [2.45, 2.75) is 130 Å². The van der Waals surface area contributed by atoms with Crippen molar-refractivity contribution in [3.8, 4) is 0 Å². The molecule has 1 aliphatic rings. The molecule has 0 radical (unpaired) electrons. The number of ether oxygens (including phenoxy) is 5. The first-order valence-electron chi connectivity index (χ1n) is 12.8. The third-order valence-electron chi connectivity index (χ3n) is 3.85. The summed E-state index contributed by atoms with van der Waals surface area (Å²) in [4.78, 5) is 86.9. The fourth-order valence-electron chi connectivity index (χ4n) is 2.62. The summed E-state index contributed by atoms with van der Waals surface area (Å²) in [5.74, 6) is 0. The molecule has 17 heteroatoms. The molecule has 0 aromatic heterocycles. The Bertz CT molecular complexity index is 906. The molecule has 1 fully saturated rings. The van der Waals surface area contributed by atoms with Crippen LogP contribution in [0.4, 0.5) is 19.2 Å². The standard InChI is InChI=1S/C25H42O17/c1-22(2,3)32-18(26)39-30-13-14-15(36-40-19(27)33-23(4,5)6)16(37-41-20(28)34-24(7,8)9)17(31-14)38-42-21(29)35-25(10,11)12/h14-17H,13H2,1-12H3/t14-,15-,16-,17?/m1/s1. The van der Waals surface area contributed by atoms with Crippen LogP contribution in [0.25, 0.3) is 0 Å². The largest absolute Gasteiger partial charge is 0.541 e. The maximum absolute atomic E-state index is 12.1. The highest BCUT2D eigenvalue weighted by Crippen LogP contribution is 2.30. The van der Waals surface area contributed by atoms with Gasteiger partial charge in [0.25, 0.3) is 0 Å². The van der Waals surface area contributed by atoms with Crippen molar-refractivity contribution in [1.82, 2.24) is 0 Å². The number of hydrogen-bond donors (Lipinski definition) is 0. The van der Waals surface area contributed by atoms with Crippen molar-refractivity contribution in [2.75, 3.05) is 6.61 Å². The average Bonchev–Trinajstić information content (AvgIpc) is 3.06. The van der Waals surface area contributed by atoms with E-state index in [1.54, 1.807) is 83.1 Å². The Morgan fingerprint density at radius 1 is 0.500 bits per heavy atom.